The van der Waals surface area contributed by atoms with E-state index in [9.17, 15) is 9.59 Å². The minimum atomic E-state index is -1.09. The highest BCUT2D eigenvalue weighted by atomic mass is 31.2. The lowest BCUT2D eigenvalue weighted by Crippen LogP contribution is -2.41. The SMILES string of the molecule is CNc1c(NCC(C)(C)OP2N(C)[C@H](c3ccccc3)[C@@H](c3ccccc3)N2C)c(=O)c1=O. The summed E-state index contributed by atoms with van der Waals surface area (Å²) in [7, 11) is 4.78. The average Bonchev–Trinajstić information content (AvgIpc) is 3.06. The van der Waals surface area contributed by atoms with E-state index in [1.165, 1.54) is 11.1 Å². The van der Waals surface area contributed by atoms with E-state index in [1.54, 1.807) is 7.05 Å². The highest BCUT2D eigenvalue weighted by Gasteiger charge is 2.48. The zero-order chi connectivity index (χ0) is 23.8. The van der Waals surface area contributed by atoms with Crippen LogP contribution < -0.4 is 21.5 Å². The lowest BCUT2D eigenvalue weighted by Gasteiger charge is -2.35. The fourth-order valence-electron chi connectivity index (χ4n) is 4.42. The van der Waals surface area contributed by atoms with Crippen molar-refractivity contribution >= 4 is 19.8 Å². The van der Waals surface area contributed by atoms with E-state index in [1.807, 2.05) is 26.0 Å². The van der Waals surface area contributed by atoms with Gasteiger partial charge in [-0.25, -0.2) is 9.34 Å². The van der Waals surface area contributed by atoms with Crippen molar-refractivity contribution in [3.05, 3.63) is 92.2 Å². The third-order valence-electron chi connectivity index (χ3n) is 6.11. The molecule has 1 heterocycles. The second-order valence-corrected chi connectivity index (χ2v) is 10.9. The molecule has 1 aliphatic heterocycles. The Hall–Kier alpha value is -2.57. The van der Waals surface area contributed by atoms with Gasteiger partial charge in [0.2, 0.25) is 0 Å². The maximum atomic E-state index is 11.9. The first kappa shape index (κ1) is 23.6. The van der Waals surface area contributed by atoms with Crippen molar-refractivity contribution in [3.8, 4) is 0 Å². The van der Waals surface area contributed by atoms with Crippen LogP contribution in [0.4, 0.5) is 11.4 Å². The van der Waals surface area contributed by atoms with Crippen LogP contribution >= 0.6 is 8.45 Å². The van der Waals surface area contributed by atoms with Gasteiger partial charge in [0, 0.05) is 13.6 Å². The van der Waals surface area contributed by atoms with Crippen molar-refractivity contribution < 1.29 is 4.52 Å². The minimum Gasteiger partial charge on any atom is -0.383 e. The van der Waals surface area contributed by atoms with Gasteiger partial charge in [0.25, 0.3) is 10.9 Å². The van der Waals surface area contributed by atoms with Gasteiger partial charge in [0.15, 0.2) is 8.45 Å². The number of hydrogen-bond donors (Lipinski definition) is 2. The summed E-state index contributed by atoms with van der Waals surface area (Å²) in [4.78, 5) is 23.6. The Morgan fingerprint density at radius 1 is 0.848 bits per heavy atom. The molecule has 1 aliphatic rings. The van der Waals surface area contributed by atoms with Crippen molar-refractivity contribution in [2.45, 2.75) is 31.5 Å². The maximum Gasteiger partial charge on any atom is 0.253 e. The van der Waals surface area contributed by atoms with Crippen LogP contribution in [0.2, 0.25) is 0 Å². The molecule has 0 amide bonds. The fourth-order valence-corrected chi connectivity index (χ4v) is 6.58. The Bertz CT molecular complexity index is 1110. The van der Waals surface area contributed by atoms with Crippen LogP contribution in [0, 0.1) is 0 Å². The van der Waals surface area contributed by atoms with Crippen LogP contribution in [-0.4, -0.2) is 42.6 Å². The van der Waals surface area contributed by atoms with Crippen LogP contribution in [0.5, 0.6) is 0 Å². The van der Waals surface area contributed by atoms with Crippen molar-refractivity contribution in [3.63, 3.8) is 0 Å². The topological polar surface area (TPSA) is 73.9 Å². The molecule has 1 fully saturated rings. The molecule has 0 radical (unpaired) electrons. The summed E-state index contributed by atoms with van der Waals surface area (Å²) < 4.78 is 11.3. The van der Waals surface area contributed by atoms with Gasteiger partial charge in [0.1, 0.15) is 11.4 Å². The van der Waals surface area contributed by atoms with Crippen molar-refractivity contribution in [2.24, 2.45) is 0 Å². The molecule has 3 aromatic carbocycles. The lowest BCUT2D eigenvalue weighted by molar-refractivity contribution is 0.124. The summed E-state index contributed by atoms with van der Waals surface area (Å²) in [6.45, 7) is 4.41. The first-order valence-electron chi connectivity index (χ1n) is 11.0. The van der Waals surface area contributed by atoms with Crippen molar-refractivity contribution in [1.29, 1.82) is 0 Å². The quantitative estimate of drug-likeness (QED) is 0.382. The van der Waals surface area contributed by atoms with Crippen molar-refractivity contribution in [1.82, 2.24) is 9.34 Å². The summed E-state index contributed by atoms with van der Waals surface area (Å²) >= 11 is 0. The van der Waals surface area contributed by atoms with Gasteiger partial charge < -0.3 is 15.2 Å². The predicted octanol–water partition coefficient (Wildman–Crippen LogP) is 4.12. The molecular formula is C25H31N4O3P. The third kappa shape index (κ3) is 4.46. The van der Waals surface area contributed by atoms with E-state index in [4.69, 9.17) is 4.52 Å². The molecular weight excluding hydrogens is 435 g/mol. The van der Waals surface area contributed by atoms with Gasteiger partial charge in [-0.1, -0.05) is 60.7 Å². The normalized spacial score (nSPS) is 20.4. The molecule has 174 valence electrons. The molecule has 2 N–H and O–H groups in total. The lowest BCUT2D eigenvalue weighted by atomic mass is 9.93. The molecule has 1 saturated heterocycles. The highest BCUT2D eigenvalue weighted by molar-refractivity contribution is 7.47. The van der Waals surface area contributed by atoms with Gasteiger partial charge in [-0.3, -0.25) is 9.59 Å². The Labute approximate surface area is 196 Å². The molecule has 0 spiro atoms. The van der Waals surface area contributed by atoms with E-state index >= 15 is 0 Å². The molecule has 8 heteroatoms. The number of hydrogen-bond acceptors (Lipinski definition) is 7. The van der Waals surface area contributed by atoms with Crippen LogP contribution in [0.25, 0.3) is 0 Å². The zero-order valence-corrected chi connectivity index (χ0v) is 20.6. The number of likely N-dealkylation sites (N-methyl/N-ethyl adjacent to an activating group) is 2. The third-order valence-corrected chi connectivity index (χ3v) is 8.34. The molecule has 0 saturated carbocycles. The Morgan fingerprint density at radius 2 is 1.30 bits per heavy atom. The molecule has 0 unspecified atom stereocenters. The molecule has 7 nitrogen and oxygen atoms in total. The molecule has 0 aliphatic carbocycles. The Balaban J connectivity index is 1.57. The summed E-state index contributed by atoms with van der Waals surface area (Å²) in [6, 6.07) is 21.3. The van der Waals surface area contributed by atoms with Gasteiger partial charge in [-0.05, 0) is 39.1 Å². The molecule has 3 aromatic rings. The zero-order valence-electron chi connectivity index (χ0n) is 19.7. The van der Waals surface area contributed by atoms with Gasteiger partial charge >= 0.3 is 0 Å². The number of nitrogens with zero attached hydrogens (tertiary/aromatic N) is 2. The molecule has 33 heavy (non-hydrogen) atoms. The molecule has 0 aromatic heterocycles. The van der Waals surface area contributed by atoms with E-state index in [0.29, 0.717) is 17.9 Å². The average molecular weight is 467 g/mol. The maximum absolute atomic E-state index is 11.9. The van der Waals surface area contributed by atoms with E-state index < -0.39 is 24.9 Å². The monoisotopic (exact) mass is 466 g/mol. The van der Waals surface area contributed by atoms with Crippen LogP contribution in [-0.2, 0) is 4.52 Å². The van der Waals surface area contributed by atoms with E-state index in [-0.39, 0.29) is 12.1 Å². The standard InChI is InChI=1S/C25H31N4O3P/c1-25(2,16-27-20-19(26-3)23(30)24(20)31)32-33-28(4)21(17-12-8-6-9-13-17)22(29(33)5)18-14-10-7-11-15-18/h6-15,21-22,26-27H,16H2,1-5H3/t21-,22-/m1/s1. The largest absolute Gasteiger partial charge is 0.383 e. The number of benzene rings is 2. The number of anilines is 2. The van der Waals surface area contributed by atoms with E-state index in [0.717, 1.165) is 0 Å². The Morgan fingerprint density at radius 3 is 1.76 bits per heavy atom. The summed E-state index contributed by atoms with van der Waals surface area (Å²) in [5.41, 5.74) is 1.62. The molecule has 2 atom stereocenters. The minimum absolute atomic E-state index is 0.137. The van der Waals surface area contributed by atoms with E-state index in [2.05, 4.69) is 82.6 Å². The summed E-state index contributed by atoms with van der Waals surface area (Å²) in [5, 5.41) is 5.92. The summed E-state index contributed by atoms with van der Waals surface area (Å²) in [6.07, 6.45) is 0. The van der Waals surface area contributed by atoms with Crippen molar-refractivity contribution in [2.75, 3.05) is 38.3 Å². The summed E-state index contributed by atoms with van der Waals surface area (Å²) in [5.74, 6) is 0. The Kier molecular flexibility index (Phi) is 6.68. The molecule has 0 bridgehead atoms. The first-order chi connectivity index (χ1) is 15.7. The van der Waals surface area contributed by atoms with Gasteiger partial charge in [0.05, 0.1) is 17.7 Å². The number of nitrogens with one attached hydrogen (secondary N) is 2. The second kappa shape index (κ2) is 9.35. The van der Waals surface area contributed by atoms with Gasteiger partial charge in [-0.15, -0.1) is 0 Å². The molecule has 4 rings (SSSR count). The second-order valence-electron chi connectivity index (χ2n) is 8.97. The number of rotatable bonds is 8. The smallest absolute Gasteiger partial charge is 0.253 e. The van der Waals surface area contributed by atoms with Crippen LogP contribution in [0.15, 0.2) is 70.3 Å². The van der Waals surface area contributed by atoms with Gasteiger partial charge in [-0.2, -0.15) is 0 Å². The predicted molar refractivity (Wildman–Crippen MR) is 135 cm³/mol. The highest BCUT2D eigenvalue weighted by Crippen LogP contribution is 2.64. The van der Waals surface area contributed by atoms with Crippen LogP contribution in [0.3, 0.4) is 0 Å². The van der Waals surface area contributed by atoms with Crippen LogP contribution in [0.1, 0.15) is 37.1 Å². The fraction of sp³-hybridized carbons (Fsp3) is 0.360. The first-order valence-corrected chi connectivity index (χ1v) is 12.2.